The third-order valence-electron chi connectivity index (χ3n) is 3.91. The lowest BCUT2D eigenvalue weighted by atomic mass is 10.2. The predicted octanol–water partition coefficient (Wildman–Crippen LogP) is 2.77. The van der Waals surface area contributed by atoms with Crippen LogP contribution in [0.4, 0.5) is 17.2 Å². The number of aromatic nitrogens is 2. The quantitative estimate of drug-likeness (QED) is 0.694. The number of benzene rings is 1. The molecule has 114 valence electrons. The average Bonchev–Trinajstić information content (AvgIpc) is 3.22. The first kappa shape index (κ1) is 13.4. The maximum absolute atomic E-state index is 11.5. The Bertz CT molecular complexity index is 859. The summed E-state index contributed by atoms with van der Waals surface area (Å²) in [6.07, 6.45) is 3.35. The van der Waals surface area contributed by atoms with E-state index in [1.54, 1.807) is 18.3 Å². The number of carbonyl (C=O) groups excluding carboxylic acids is 1. The fourth-order valence-corrected chi connectivity index (χ4v) is 2.85. The molecule has 0 saturated heterocycles. The summed E-state index contributed by atoms with van der Waals surface area (Å²) in [5, 5.41) is 3.47. The number of hydrogen-bond acceptors (Lipinski definition) is 4. The second-order valence-electron chi connectivity index (χ2n) is 5.33. The number of rotatable bonds is 3. The van der Waals surface area contributed by atoms with Crippen molar-refractivity contribution in [3.8, 4) is 0 Å². The smallest absolute Gasteiger partial charge is 0.248 e. The Labute approximate surface area is 133 Å². The Morgan fingerprint density at radius 3 is 2.83 bits per heavy atom. The Balaban J connectivity index is 1.85. The van der Waals surface area contributed by atoms with E-state index in [1.165, 1.54) is 0 Å². The van der Waals surface area contributed by atoms with Crippen molar-refractivity contribution in [2.45, 2.75) is 6.17 Å². The van der Waals surface area contributed by atoms with E-state index < -0.39 is 5.91 Å². The highest BCUT2D eigenvalue weighted by atomic mass is 16.1. The molecule has 1 amide bonds. The Kier molecular flexibility index (Phi) is 3.01. The molecule has 3 aromatic rings. The summed E-state index contributed by atoms with van der Waals surface area (Å²) < 4.78 is 0. The van der Waals surface area contributed by atoms with Crippen LogP contribution in [-0.2, 0) is 0 Å². The topological polar surface area (TPSA) is 87.0 Å². The summed E-state index contributed by atoms with van der Waals surface area (Å²) in [7, 11) is 0. The minimum absolute atomic E-state index is 0.127. The Morgan fingerprint density at radius 1 is 1.17 bits per heavy atom. The summed E-state index contributed by atoms with van der Waals surface area (Å²) in [4.78, 5) is 21.2. The summed E-state index contributed by atoms with van der Waals surface area (Å²) in [5.41, 5.74) is 8.85. The molecular weight excluding hydrogens is 290 g/mol. The maximum atomic E-state index is 11.5. The van der Waals surface area contributed by atoms with E-state index in [9.17, 15) is 4.79 Å². The van der Waals surface area contributed by atoms with Gasteiger partial charge in [-0.1, -0.05) is 12.1 Å². The zero-order chi connectivity index (χ0) is 15.8. The summed E-state index contributed by atoms with van der Waals surface area (Å²) in [6, 6.07) is 15.3. The largest absolute Gasteiger partial charge is 0.366 e. The van der Waals surface area contributed by atoms with Crippen LogP contribution in [0.2, 0.25) is 0 Å². The van der Waals surface area contributed by atoms with Gasteiger partial charge in [-0.05, 0) is 36.4 Å². The van der Waals surface area contributed by atoms with Gasteiger partial charge in [0.15, 0.2) is 0 Å². The van der Waals surface area contributed by atoms with E-state index >= 15 is 0 Å². The number of nitrogens with one attached hydrogen (secondary N) is 2. The monoisotopic (exact) mass is 305 g/mol. The number of primary amides is 1. The highest BCUT2D eigenvalue weighted by Crippen LogP contribution is 2.44. The molecule has 2 aromatic heterocycles. The fraction of sp³-hybridized carbons (Fsp3) is 0.0588. The molecule has 0 bridgehead atoms. The van der Waals surface area contributed by atoms with Gasteiger partial charge < -0.3 is 16.0 Å². The number of pyridine rings is 1. The molecule has 6 nitrogen and oxygen atoms in total. The number of nitrogens with zero attached hydrogens (tertiary/aromatic N) is 2. The van der Waals surface area contributed by atoms with Crippen LogP contribution in [0.5, 0.6) is 0 Å². The standard InChI is InChI=1S/C17H15N5O/c18-16(23)11-7-9-20-15(10-11)22-14-6-2-1-4-12(14)21-17(22)13-5-3-8-19-13/h1-10,17,19,21H,(H2,18,23). The van der Waals surface area contributed by atoms with E-state index in [0.717, 1.165) is 17.1 Å². The van der Waals surface area contributed by atoms with Gasteiger partial charge in [-0.25, -0.2) is 4.98 Å². The van der Waals surface area contributed by atoms with Crippen LogP contribution in [0, 0.1) is 0 Å². The summed E-state index contributed by atoms with van der Waals surface area (Å²) in [5.74, 6) is 0.198. The molecule has 0 fully saturated rings. The summed E-state index contributed by atoms with van der Waals surface area (Å²) >= 11 is 0. The van der Waals surface area contributed by atoms with Crippen molar-refractivity contribution in [2.75, 3.05) is 10.2 Å². The van der Waals surface area contributed by atoms with Crippen molar-refractivity contribution >= 4 is 23.1 Å². The van der Waals surface area contributed by atoms with Gasteiger partial charge >= 0.3 is 0 Å². The van der Waals surface area contributed by atoms with Gasteiger partial charge in [0.05, 0.1) is 17.1 Å². The van der Waals surface area contributed by atoms with Gasteiger partial charge in [0.25, 0.3) is 0 Å². The molecule has 3 heterocycles. The van der Waals surface area contributed by atoms with Crippen LogP contribution < -0.4 is 16.0 Å². The Hall–Kier alpha value is -3.28. The molecule has 4 rings (SSSR count). The molecule has 1 unspecified atom stereocenters. The van der Waals surface area contributed by atoms with Gasteiger partial charge in [-0.15, -0.1) is 0 Å². The molecule has 0 aliphatic carbocycles. The molecular formula is C17H15N5O. The van der Waals surface area contributed by atoms with Crippen molar-refractivity contribution < 1.29 is 4.79 Å². The SMILES string of the molecule is NC(=O)c1ccnc(N2c3ccccc3NC2c2ccc[nH]2)c1. The number of amides is 1. The minimum Gasteiger partial charge on any atom is -0.366 e. The zero-order valence-corrected chi connectivity index (χ0v) is 12.2. The first-order valence-corrected chi connectivity index (χ1v) is 7.28. The number of H-pyrrole nitrogens is 1. The number of para-hydroxylation sites is 2. The first-order chi connectivity index (χ1) is 11.2. The number of fused-ring (bicyclic) bond motifs is 1. The van der Waals surface area contributed by atoms with Gasteiger partial charge in [-0.3, -0.25) is 9.69 Å². The lowest BCUT2D eigenvalue weighted by molar-refractivity contribution is 0.1000. The number of carbonyl (C=O) groups is 1. The molecule has 0 saturated carbocycles. The Morgan fingerprint density at radius 2 is 2.04 bits per heavy atom. The van der Waals surface area contributed by atoms with E-state index in [1.807, 2.05) is 47.5 Å². The summed E-state index contributed by atoms with van der Waals surface area (Å²) in [6.45, 7) is 0. The molecule has 23 heavy (non-hydrogen) atoms. The molecule has 1 aromatic carbocycles. The van der Waals surface area contributed by atoms with Crippen LogP contribution in [0.1, 0.15) is 22.2 Å². The lowest BCUT2D eigenvalue weighted by Crippen LogP contribution is -2.25. The number of anilines is 3. The molecule has 0 radical (unpaired) electrons. The van der Waals surface area contributed by atoms with Crippen molar-refractivity contribution in [3.05, 3.63) is 72.2 Å². The van der Waals surface area contributed by atoms with E-state index in [2.05, 4.69) is 15.3 Å². The van der Waals surface area contributed by atoms with Crippen LogP contribution in [0.3, 0.4) is 0 Å². The maximum Gasteiger partial charge on any atom is 0.248 e. The van der Waals surface area contributed by atoms with E-state index in [-0.39, 0.29) is 6.17 Å². The highest BCUT2D eigenvalue weighted by molar-refractivity contribution is 5.94. The third-order valence-corrected chi connectivity index (χ3v) is 3.91. The molecule has 1 aliphatic rings. The van der Waals surface area contributed by atoms with Gasteiger partial charge in [0, 0.05) is 18.0 Å². The van der Waals surface area contributed by atoms with Crippen molar-refractivity contribution in [2.24, 2.45) is 5.73 Å². The number of hydrogen-bond donors (Lipinski definition) is 3. The molecule has 6 heteroatoms. The van der Waals surface area contributed by atoms with Crippen molar-refractivity contribution in [1.82, 2.24) is 9.97 Å². The van der Waals surface area contributed by atoms with E-state index in [4.69, 9.17) is 5.73 Å². The van der Waals surface area contributed by atoms with Gasteiger partial charge in [0.1, 0.15) is 12.0 Å². The molecule has 1 atom stereocenters. The second kappa shape index (κ2) is 5.17. The van der Waals surface area contributed by atoms with Crippen LogP contribution in [0.25, 0.3) is 0 Å². The normalized spacial score (nSPS) is 16.0. The van der Waals surface area contributed by atoms with Crippen molar-refractivity contribution in [1.29, 1.82) is 0 Å². The first-order valence-electron chi connectivity index (χ1n) is 7.28. The van der Waals surface area contributed by atoms with Crippen LogP contribution in [0.15, 0.2) is 60.9 Å². The minimum atomic E-state index is -0.467. The average molecular weight is 305 g/mol. The third kappa shape index (κ3) is 2.20. The zero-order valence-electron chi connectivity index (χ0n) is 12.2. The van der Waals surface area contributed by atoms with Crippen LogP contribution >= 0.6 is 0 Å². The lowest BCUT2D eigenvalue weighted by Gasteiger charge is -2.25. The molecule has 1 aliphatic heterocycles. The van der Waals surface area contributed by atoms with Gasteiger partial charge in [-0.2, -0.15) is 0 Å². The predicted molar refractivity (Wildman–Crippen MR) is 88.5 cm³/mol. The fourth-order valence-electron chi connectivity index (χ4n) is 2.85. The van der Waals surface area contributed by atoms with Crippen LogP contribution in [-0.4, -0.2) is 15.9 Å². The number of nitrogens with two attached hydrogens (primary N) is 1. The highest BCUT2D eigenvalue weighted by Gasteiger charge is 2.32. The molecule has 4 N–H and O–H groups in total. The van der Waals surface area contributed by atoms with Gasteiger partial charge in [0.2, 0.25) is 5.91 Å². The van der Waals surface area contributed by atoms with E-state index in [0.29, 0.717) is 11.4 Å². The molecule has 0 spiro atoms. The second-order valence-corrected chi connectivity index (χ2v) is 5.33. The number of aromatic amines is 1. The van der Waals surface area contributed by atoms with Crippen molar-refractivity contribution in [3.63, 3.8) is 0 Å².